The van der Waals surface area contributed by atoms with Gasteiger partial charge in [0, 0.05) is 29.7 Å². The summed E-state index contributed by atoms with van der Waals surface area (Å²) in [7, 11) is 0. The summed E-state index contributed by atoms with van der Waals surface area (Å²) >= 11 is 5.25. The molecule has 0 atom stereocenters. The minimum absolute atomic E-state index is 0.893. The summed E-state index contributed by atoms with van der Waals surface area (Å²) < 4.78 is 1.19. The largest absolute Gasteiger partial charge is 0.361 e. The molecular weight excluding hydrogens is 308 g/mol. The number of hydrogen-bond donors (Lipinski definition) is 2. The Morgan fingerprint density at radius 3 is 2.89 bits per heavy atom. The van der Waals surface area contributed by atoms with E-state index in [4.69, 9.17) is 0 Å². The molecule has 0 aliphatic carbocycles. The Morgan fingerprint density at radius 1 is 1.11 bits per heavy atom. The number of halogens is 1. The fourth-order valence-electron chi connectivity index (χ4n) is 1.98. The van der Waals surface area contributed by atoms with E-state index < -0.39 is 0 Å². The molecule has 18 heavy (non-hydrogen) atoms. The fourth-order valence-corrected chi connectivity index (χ4v) is 3.43. The van der Waals surface area contributed by atoms with Gasteiger partial charge in [0.1, 0.15) is 0 Å². The molecule has 0 radical (unpaired) electrons. The summed E-state index contributed by atoms with van der Waals surface area (Å²) in [5.41, 5.74) is 2.51. The SMILES string of the molecule is Brc1ccc(CNCc2ccc3cc[nH]c3c2)s1. The van der Waals surface area contributed by atoms with Gasteiger partial charge in [0.2, 0.25) is 0 Å². The summed E-state index contributed by atoms with van der Waals surface area (Å²) in [6.45, 7) is 1.81. The second kappa shape index (κ2) is 5.26. The van der Waals surface area contributed by atoms with Gasteiger partial charge in [0.25, 0.3) is 0 Å². The third-order valence-corrected chi connectivity index (χ3v) is 4.50. The molecule has 3 aromatic rings. The Bertz CT molecular complexity index is 656. The van der Waals surface area contributed by atoms with Gasteiger partial charge >= 0.3 is 0 Å². The van der Waals surface area contributed by atoms with Crippen LogP contribution in [0.4, 0.5) is 0 Å². The Labute approximate surface area is 118 Å². The topological polar surface area (TPSA) is 27.8 Å². The van der Waals surface area contributed by atoms with E-state index in [0.29, 0.717) is 0 Å². The predicted octanol–water partition coefficient (Wildman–Crippen LogP) is 4.28. The van der Waals surface area contributed by atoms with Crippen LogP contribution in [-0.4, -0.2) is 4.98 Å². The molecule has 1 aromatic carbocycles. The zero-order chi connectivity index (χ0) is 12.4. The molecule has 2 heterocycles. The van der Waals surface area contributed by atoms with E-state index in [0.717, 1.165) is 13.1 Å². The molecule has 0 fully saturated rings. The van der Waals surface area contributed by atoms with E-state index in [1.807, 2.05) is 6.20 Å². The standard InChI is InChI=1S/C14H13BrN2S/c15-14-4-3-12(18-14)9-16-8-10-1-2-11-5-6-17-13(11)7-10/h1-7,16-17H,8-9H2. The molecule has 2 aromatic heterocycles. The first-order valence-corrected chi connectivity index (χ1v) is 7.43. The molecule has 0 bridgehead atoms. The van der Waals surface area contributed by atoms with Gasteiger partial charge in [0.15, 0.2) is 0 Å². The molecule has 0 aliphatic rings. The van der Waals surface area contributed by atoms with Gasteiger partial charge in [-0.25, -0.2) is 0 Å². The zero-order valence-corrected chi connectivity index (χ0v) is 12.1. The average Bonchev–Trinajstić information content (AvgIpc) is 2.97. The first kappa shape index (κ1) is 12.0. The molecular formula is C14H13BrN2S. The molecule has 2 nitrogen and oxygen atoms in total. The normalized spacial score (nSPS) is 11.2. The molecule has 0 saturated carbocycles. The number of thiophene rings is 1. The smallest absolute Gasteiger partial charge is 0.0701 e. The van der Waals surface area contributed by atoms with Crippen LogP contribution in [0.1, 0.15) is 10.4 Å². The summed E-state index contributed by atoms with van der Waals surface area (Å²) in [6, 6.07) is 12.9. The second-order valence-electron chi connectivity index (χ2n) is 4.21. The van der Waals surface area contributed by atoms with Crippen LogP contribution in [0.25, 0.3) is 10.9 Å². The van der Waals surface area contributed by atoms with Gasteiger partial charge in [-0.2, -0.15) is 0 Å². The summed E-state index contributed by atoms with van der Waals surface area (Å²) in [5.74, 6) is 0. The maximum atomic E-state index is 3.48. The van der Waals surface area contributed by atoms with E-state index in [1.165, 1.54) is 25.1 Å². The van der Waals surface area contributed by atoms with E-state index >= 15 is 0 Å². The molecule has 0 saturated heterocycles. The van der Waals surface area contributed by atoms with Crippen LogP contribution in [0.15, 0.2) is 46.4 Å². The number of nitrogens with one attached hydrogen (secondary N) is 2. The van der Waals surface area contributed by atoms with Crippen LogP contribution in [0.2, 0.25) is 0 Å². The van der Waals surface area contributed by atoms with Gasteiger partial charge in [-0.05, 0) is 51.1 Å². The van der Waals surface area contributed by atoms with Gasteiger partial charge in [-0.3, -0.25) is 0 Å². The zero-order valence-electron chi connectivity index (χ0n) is 9.74. The number of rotatable bonds is 4. The van der Waals surface area contributed by atoms with Crippen LogP contribution in [0, 0.1) is 0 Å². The van der Waals surface area contributed by atoms with Crippen molar-refractivity contribution < 1.29 is 0 Å². The molecule has 4 heteroatoms. The van der Waals surface area contributed by atoms with Crippen molar-refractivity contribution in [1.82, 2.24) is 10.3 Å². The summed E-state index contributed by atoms with van der Waals surface area (Å²) in [6.07, 6.45) is 1.98. The number of aromatic nitrogens is 1. The second-order valence-corrected chi connectivity index (χ2v) is 6.76. The Balaban J connectivity index is 1.62. The highest BCUT2D eigenvalue weighted by Crippen LogP contribution is 2.22. The van der Waals surface area contributed by atoms with Crippen LogP contribution < -0.4 is 5.32 Å². The minimum atomic E-state index is 0.893. The molecule has 0 unspecified atom stereocenters. The Kier molecular flexibility index (Phi) is 3.50. The van der Waals surface area contributed by atoms with Gasteiger partial charge in [0.05, 0.1) is 3.79 Å². The lowest BCUT2D eigenvalue weighted by Gasteiger charge is -2.03. The number of aromatic amines is 1. The molecule has 0 aliphatic heterocycles. The van der Waals surface area contributed by atoms with Crippen molar-refractivity contribution in [3.05, 3.63) is 56.8 Å². The highest BCUT2D eigenvalue weighted by Gasteiger charge is 1.99. The highest BCUT2D eigenvalue weighted by molar-refractivity contribution is 9.11. The van der Waals surface area contributed by atoms with Crippen molar-refractivity contribution in [3.8, 4) is 0 Å². The lowest BCUT2D eigenvalue weighted by molar-refractivity contribution is 0.701. The van der Waals surface area contributed by atoms with Crippen molar-refractivity contribution in [2.75, 3.05) is 0 Å². The van der Waals surface area contributed by atoms with Crippen LogP contribution in [0.5, 0.6) is 0 Å². The van der Waals surface area contributed by atoms with Gasteiger partial charge < -0.3 is 10.3 Å². The average molecular weight is 321 g/mol. The van der Waals surface area contributed by atoms with E-state index in [2.05, 4.69) is 62.6 Å². The summed E-state index contributed by atoms with van der Waals surface area (Å²) in [5, 5.41) is 4.73. The molecule has 2 N–H and O–H groups in total. The van der Waals surface area contributed by atoms with E-state index in [9.17, 15) is 0 Å². The summed E-state index contributed by atoms with van der Waals surface area (Å²) in [4.78, 5) is 4.59. The molecule has 3 rings (SSSR count). The first-order chi connectivity index (χ1) is 8.81. The Hall–Kier alpha value is -1.10. The maximum absolute atomic E-state index is 3.48. The van der Waals surface area contributed by atoms with Crippen molar-refractivity contribution in [1.29, 1.82) is 0 Å². The quantitative estimate of drug-likeness (QED) is 0.737. The lowest BCUT2D eigenvalue weighted by Crippen LogP contribution is -2.11. The predicted molar refractivity (Wildman–Crippen MR) is 80.9 cm³/mol. The number of H-pyrrole nitrogens is 1. The first-order valence-electron chi connectivity index (χ1n) is 5.82. The van der Waals surface area contributed by atoms with Crippen LogP contribution in [-0.2, 0) is 13.1 Å². The number of fused-ring (bicyclic) bond motifs is 1. The number of hydrogen-bond acceptors (Lipinski definition) is 2. The van der Waals surface area contributed by atoms with Crippen LogP contribution in [0.3, 0.4) is 0 Å². The Morgan fingerprint density at radius 2 is 2.06 bits per heavy atom. The van der Waals surface area contributed by atoms with Crippen molar-refractivity contribution in [2.45, 2.75) is 13.1 Å². The monoisotopic (exact) mass is 320 g/mol. The minimum Gasteiger partial charge on any atom is -0.361 e. The van der Waals surface area contributed by atoms with Gasteiger partial charge in [-0.1, -0.05) is 12.1 Å². The van der Waals surface area contributed by atoms with E-state index in [1.54, 1.807) is 11.3 Å². The fraction of sp³-hybridized carbons (Fsp3) is 0.143. The van der Waals surface area contributed by atoms with Crippen molar-refractivity contribution >= 4 is 38.2 Å². The van der Waals surface area contributed by atoms with Crippen LogP contribution >= 0.6 is 27.3 Å². The number of benzene rings is 1. The lowest BCUT2D eigenvalue weighted by atomic mass is 10.1. The van der Waals surface area contributed by atoms with E-state index in [-0.39, 0.29) is 0 Å². The molecule has 0 spiro atoms. The third-order valence-electron chi connectivity index (χ3n) is 2.88. The van der Waals surface area contributed by atoms with Gasteiger partial charge in [-0.15, -0.1) is 11.3 Å². The molecule has 0 amide bonds. The maximum Gasteiger partial charge on any atom is 0.0701 e. The molecule has 92 valence electrons. The van der Waals surface area contributed by atoms with Crippen molar-refractivity contribution in [3.63, 3.8) is 0 Å². The highest BCUT2D eigenvalue weighted by atomic mass is 79.9. The third kappa shape index (κ3) is 2.66. The van der Waals surface area contributed by atoms with Crippen molar-refractivity contribution in [2.24, 2.45) is 0 Å².